The maximum absolute atomic E-state index is 13.9. The number of nitro groups is 1. The number of nitrogens with two attached hydrogens (primary N) is 1. The van der Waals surface area contributed by atoms with Gasteiger partial charge in [0.2, 0.25) is 23.5 Å². The number of hydrogen-bond donors (Lipinski definition) is 3. The van der Waals surface area contributed by atoms with Crippen molar-refractivity contribution in [2.75, 3.05) is 32.7 Å². The van der Waals surface area contributed by atoms with Crippen LogP contribution in [0.5, 0.6) is 0 Å². The molecule has 3 unspecified atom stereocenters. The monoisotopic (exact) mass is 688 g/mol. The average Bonchev–Trinajstić information content (AvgIpc) is 3.64. The number of carbonyl (C=O) groups is 4. The van der Waals surface area contributed by atoms with Crippen LogP contribution in [-0.4, -0.2) is 98.9 Å². The van der Waals surface area contributed by atoms with Crippen LogP contribution >= 0.6 is 11.3 Å². The van der Waals surface area contributed by atoms with Crippen LogP contribution in [0.1, 0.15) is 46.6 Å². The normalized spacial score (nSPS) is 18.7. The van der Waals surface area contributed by atoms with Crippen molar-refractivity contribution in [3.63, 3.8) is 0 Å². The van der Waals surface area contributed by atoms with Crippen molar-refractivity contribution in [1.82, 2.24) is 25.0 Å². The van der Waals surface area contributed by atoms with Gasteiger partial charge in [-0.15, -0.1) is 11.3 Å². The number of amides is 3. The predicted molar refractivity (Wildman–Crippen MR) is 183 cm³/mol. The third-order valence-electron chi connectivity index (χ3n) is 8.97. The topological polar surface area (TPSA) is 196 Å². The number of nitro benzene ring substituents is 1. The Morgan fingerprint density at radius 2 is 1.88 bits per heavy atom. The Morgan fingerprint density at radius 3 is 2.55 bits per heavy atom. The molecule has 2 fully saturated rings. The molecule has 2 aliphatic heterocycles. The van der Waals surface area contributed by atoms with Gasteiger partial charge in [0.15, 0.2) is 11.0 Å². The summed E-state index contributed by atoms with van der Waals surface area (Å²) >= 11 is 1.18. The Balaban J connectivity index is 1.28. The number of nitrogens with zero attached hydrogens (tertiary/aromatic N) is 5. The van der Waals surface area contributed by atoms with Crippen molar-refractivity contribution in [3.8, 4) is 0 Å². The van der Waals surface area contributed by atoms with Crippen LogP contribution in [0.2, 0.25) is 0 Å². The molecule has 14 nitrogen and oxygen atoms in total. The molecule has 2 aliphatic rings. The van der Waals surface area contributed by atoms with Gasteiger partial charge < -0.3 is 25.8 Å². The molecule has 0 radical (unpaired) electrons. The van der Waals surface area contributed by atoms with Crippen molar-refractivity contribution in [3.05, 3.63) is 92.4 Å². The van der Waals surface area contributed by atoms with Crippen molar-refractivity contribution >= 4 is 46.5 Å². The van der Waals surface area contributed by atoms with Gasteiger partial charge in [0.25, 0.3) is 5.69 Å². The molecule has 3 aromatic rings. The zero-order chi connectivity index (χ0) is 34.9. The van der Waals surface area contributed by atoms with Crippen molar-refractivity contribution in [1.29, 1.82) is 5.41 Å². The van der Waals surface area contributed by atoms with E-state index in [1.165, 1.54) is 39.5 Å². The minimum absolute atomic E-state index is 0.000856. The van der Waals surface area contributed by atoms with Gasteiger partial charge in [0, 0.05) is 49.8 Å². The SMILES string of the molecule is N=C(N)N1CCCC(CC(NC(=O)CN2C(=O)CN(CCCc3ccc([N+](=O)[O-])cc3)C(=O)C2Cc2ccccc2)C(=O)c2nccs2)C1. The molecule has 49 heavy (non-hydrogen) atoms. The Hall–Kier alpha value is -5.18. The van der Waals surface area contributed by atoms with Crippen LogP contribution in [0.25, 0.3) is 0 Å². The van der Waals surface area contributed by atoms with Crippen LogP contribution in [0.15, 0.2) is 66.2 Å². The van der Waals surface area contributed by atoms with Crippen LogP contribution < -0.4 is 11.1 Å². The molecule has 1 aromatic heterocycles. The standard InChI is InChI=1S/C34H40N8O6S/c35-34(36)40-16-5-9-25(20-40)18-27(31(45)32-37-14-17-49-32)38-29(43)21-41-28(19-24-6-2-1-3-7-24)33(46)39(22-30(41)44)15-4-8-23-10-12-26(13-11-23)42(47)48/h1-3,6-7,10-14,17,25,27-28H,4-5,8-9,15-16,18-22H2,(H3,35,36)(H,38,43). The molecule has 4 N–H and O–H groups in total. The lowest BCUT2D eigenvalue weighted by Gasteiger charge is -2.40. The molecule has 2 saturated heterocycles. The fraction of sp³-hybridized carbons (Fsp3) is 0.412. The second kappa shape index (κ2) is 16.3. The van der Waals surface area contributed by atoms with E-state index in [1.807, 2.05) is 30.3 Å². The summed E-state index contributed by atoms with van der Waals surface area (Å²) in [7, 11) is 0. The first kappa shape index (κ1) is 35.1. The Kier molecular flexibility index (Phi) is 11.7. The number of piperidine rings is 1. The molecule has 258 valence electrons. The highest BCUT2D eigenvalue weighted by Gasteiger charge is 2.40. The minimum atomic E-state index is -0.927. The number of hydrogen-bond acceptors (Lipinski definition) is 9. The molecule has 0 aliphatic carbocycles. The number of ketones is 1. The molecule has 3 heterocycles. The Bertz CT molecular complexity index is 1650. The number of nitrogens with one attached hydrogen (secondary N) is 2. The van der Waals surface area contributed by atoms with E-state index in [1.54, 1.807) is 22.4 Å². The smallest absolute Gasteiger partial charge is 0.269 e. The first-order valence-corrected chi connectivity index (χ1v) is 17.1. The van der Waals surface area contributed by atoms with Crippen LogP contribution in [0.3, 0.4) is 0 Å². The second-order valence-electron chi connectivity index (χ2n) is 12.4. The molecule has 3 amide bonds. The highest BCUT2D eigenvalue weighted by atomic mass is 32.1. The number of non-ortho nitro benzene ring substituents is 1. The van der Waals surface area contributed by atoms with Gasteiger partial charge in [-0.05, 0) is 49.1 Å². The summed E-state index contributed by atoms with van der Waals surface area (Å²) in [5.41, 5.74) is 7.44. The van der Waals surface area contributed by atoms with E-state index in [-0.39, 0.29) is 53.1 Å². The summed E-state index contributed by atoms with van der Waals surface area (Å²) in [6.45, 7) is 0.860. The molecule has 2 aromatic carbocycles. The molecular formula is C34H40N8O6S. The quantitative estimate of drug-likeness (QED) is 0.0750. The van der Waals surface area contributed by atoms with E-state index in [4.69, 9.17) is 11.1 Å². The number of rotatable bonds is 14. The summed E-state index contributed by atoms with van der Waals surface area (Å²) in [5.74, 6) is -1.57. The Morgan fingerprint density at radius 1 is 1.12 bits per heavy atom. The van der Waals surface area contributed by atoms with E-state index in [0.29, 0.717) is 38.9 Å². The van der Waals surface area contributed by atoms with E-state index < -0.39 is 29.5 Å². The van der Waals surface area contributed by atoms with Crippen LogP contribution in [0.4, 0.5) is 5.69 Å². The van der Waals surface area contributed by atoms with Crippen molar-refractivity contribution in [2.45, 2.75) is 50.6 Å². The lowest BCUT2D eigenvalue weighted by Crippen LogP contribution is -2.62. The summed E-state index contributed by atoms with van der Waals surface area (Å²) in [4.78, 5) is 73.9. The number of piperazine rings is 1. The largest absolute Gasteiger partial charge is 0.370 e. The third-order valence-corrected chi connectivity index (χ3v) is 9.76. The maximum atomic E-state index is 13.9. The molecule has 0 saturated carbocycles. The molecule has 15 heteroatoms. The van der Waals surface area contributed by atoms with E-state index in [9.17, 15) is 29.3 Å². The number of likely N-dealkylation sites (tertiary alicyclic amines) is 1. The summed E-state index contributed by atoms with van der Waals surface area (Å²) in [5, 5.41) is 23.6. The second-order valence-corrected chi connectivity index (χ2v) is 13.3. The molecular weight excluding hydrogens is 648 g/mol. The third kappa shape index (κ3) is 9.25. The van der Waals surface area contributed by atoms with Gasteiger partial charge in [-0.1, -0.05) is 42.5 Å². The van der Waals surface area contributed by atoms with Gasteiger partial charge in [-0.25, -0.2) is 4.98 Å². The lowest BCUT2D eigenvalue weighted by atomic mass is 9.90. The number of aryl methyl sites for hydroxylation is 1. The number of carbonyl (C=O) groups excluding carboxylic acids is 4. The molecule has 5 rings (SSSR count). The van der Waals surface area contributed by atoms with Crippen molar-refractivity contribution < 1.29 is 24.1 Å². The molecule has 0 bridgehead atoms. The number of guanidine groups is 1. The van der Waals surface area contributed by atoms with E-state index in [0.717, 1.165) is 24.0 Å². The van der Waals surface area contributed by atoms with Crippen molar-refractivity contribution in [2.24, 2.45) is 11.7 Å². The van der Waals surface area contributed by atoms with Gasteiger partial charge in [-0.3, -0.25) is 34.7 Å². The highest BCUT2D eigenvalue weighted by molar-refractivity contribution is 7.11. The zero-order valence-electron chi connectivity index (χ0n) is 27.0. The summed E-state index contributed by atoms with van der Waals surface area (Å²) in [6, 6.07) is 13.7. The fourth-order valence-electron chi connectivity index (χ4n) is 6.46. The lowest BCUT2D eigenvalue weighted by molar-refractivity contribution is -0.384. The number of Topliss-reactive ketones (excluding diaryl/α,β-unsaturated/α-hetero) is 1. The minimum Gasteiger partial charge on any atom is -0.370 e. The first-order chi connectivity index (χ1) is 23.6. The van der Waals surface area contributed by atoms with Crippen LogP contribution in [-0.2, 0) is 27.2 Å². The van der Waals surface area contributed by atoms with Gasteiger partial charge in [0.05, 0.1) is 17.5 Å². The number of benzene rings is 2. The average molecular weight is 689 g/mol. The number of thiazole rings is 1. The predicted octanol–water partition coefficient (Wildman–Crippen LogP) is 2.63. The summed E-state index contributed by atoms with van der Waals surface area (Å²) in [6.07, 6.45) is 4.76. The number of aromatic nitrogens is 1. The Labute approximate surface area is 287 Å². The maximum Gasteiger partial charge on any atom is 0.269 e. The highest BCUT2D eigenvalue weighted by Crippen LogP contribution is 2.24. The first-order valence-electron chi connectivity index (χ1n) is 16.3. The van der Waals surface area contributed by atoms with E-state index in [2.05, 4.69) is 10.3 Å². The summed E-state index contributed by atoms with van der Waals surface area (Å²) < 4.78 is 0. The zero-order valence-corrected chi connectivity index (χ0v) is 27.8. The van der Waals surface area contributed by atoms with Crippen LogP contribution in [0, 0.1) is 21.4 Å². The van der Waals surface area contributed by atoms with Gasteiger partial charge >= 0.3 is 0 Å². The van der Waals surface area contributed by atoms with E-state index >= 15 is 0 Å². The fourth-order valence-corrected chi connectivity index (χ4v) is 7.09. The van der Waals surface area contributed by atoms with Gasteiger partial charge in [-0.2, -0.15) is 0 Å². The van der Waals surface area contributed by atoms with Gasteiger partial charge in [0.1, 0.15) is 12.6 Å². The molecule has 3 atom stereocenters. The molecule has 0 spiro atoms.